The van der Waals surface area contributed by atoms with Gasteiger partial charge in [0, 0.05) is 31.4 Å². The van der Waals surface area contributed by atoms with Gasteiger partial charge in [0.2, 0.25) is 0 Å². The summed E-state index contributed by atoms with van der Waals surface area (Å²) in [6.07, 6.45) is 1.51. The molecule has 190 valence electrons. The third-order valence-corrected chi connectivity index (χ3v) is 6.41. The van der Waals surface area contributed by atoms with E-state index < -0.39 is 25.0 Å². The van der Waals surface area contributed by atoms with Gasteiger partial charge < -0.3 is 25.0 Å². The van der Waals surface area contributed by atoms with Crippen molar-refractivity contribution in [3.63, 3.8) is 0 Å². The van der Waals surface area contributed by atoms with E-state index in [0.717, 1.165) is 29.9 Å². The summed E-state index contributed by atoms with van der Waals surface area (Å²) in [5.41, 5.74) is 2.70. The number of methoxy groups -OCH3 is 1. The number of para-hydroxylation sites is 1. The third-order valence-electron chi connectivity index (χ3n) is 6.41. The van der Waals surface area contributed by atoms with Crippen LogP contribution in [0.1, 0.15) is 43.6 Å². The van der Waals surface area contributed by atoms with Gasteiger partial charge in [-0.15, -0.1) is 0 Å². The Bertz CT molecular complexity index is 997. The molecular weight excluding hydrogens is 453 g/mol. The maximum atomic E-state index is 13.5. The number of aryl methyl sites for hydroxylation is 1. The molecule has 35 heavy (non-hydrogen) atoms. The van der Waals surface area contributed by atoms with Crippen LogP contribution in [0.3, 0.4) is 0 Å². The number of amides is 2. The van der Waals surface area contributed by atoms with E-state index in [0.29, 0.717) is 32.5 Å². The molecule has 1 saturated heterocycles. The van der Waals surface area contributed by atoms with Crippen molar-refractivity contribution in [1.29, 1.82) is 0 Å². The van der Waals surface area contributed by atoms with E-state index in [1.807, 2.05) is 52.9 Å². The zero-order chi connectivity index (χ0) is 24.8. The molecule has 2 amide bonds. The highest BCUT2D eigenvalue weighted by molar-refractivity contribution is 5.82. The monoisotopic (exact) mass is 487 g/mol. The molecular formula is C25H34FN5O4. The van der Waals surface area contributed by atoms with E-state index in [4.69, 9.17) is 9.84 Å². The second-order valence-corrected chi connectivity index (χ2v) is 9.04. The molecule has 0 unspecified atom stereocenters. The number of aromatic nitrogens is 2. The number of alkyl carbamates (subject to hydrolysis) is 1. The molecule has 1 saturated carbocycles. The number of hydrogen-bond acceptors (Lipinski definition) is 6. The fourth-order valence-corrected chi connectivity index (χ4v) is 4.44. The Morgan fingerprint density at radius 2 is 2.09 bits per heavy atom. The third kappa shape index (κ3) is 6.18. The van der Waals surface area contributed by atoms with Crippen LogP contribution in [-0.4, -0.2) is 78.3 Å². The van der Waals surface area contributed by atoms with Crippen molar-refractivity contribution in [2.75, 3.05) is 33.4 Å². The molecule has 1 aliphatic heterocycles. The minimum absolute atomic E-state index is 0.122. The van der Waals surface area contributed by atoms with Gasteiger partial charge in [0.25, 0.3) is 5.91 Å². The first-order chi connectivity index (χ1) is 17.0. The number of alkyl halides is 1. The molecule has 1 aromatic carbocycles. The van der Waals surface area contributed by atoms with Gasteiger partial charge in [-0.25, -0.2) is 13.9 Å². The minimum Gasteiger partial charge on any atom is -0.453 e. The first-order valence-corrected chi connectivity index (χ1v) is 12.2. The summed E-state index contributed by atoms with van der Waals surface area (Å²) in [5.74, 6) is -0.122. The highest BCUT2D eigenvalue weighted by atomic mass is 19.1. The molecule has 0 radical (unpaired) electrons. The van der Waals surface area contributed by atoms with Crippen molar-refractivity contribution >= 4 is 12.0 Å². The molecule has 0 bridgehead atoms. The normalized spacial score (nSPS) is 20.8. The van der Waals surface area contributed by atoms with E-state index in [1.54, 1.807) is 0 Å². The van der Waals surface area contributed by atoms with Gasteiger partial charge in [0.1, 0.15) is 12.8 Å². The van der Waals surface area contributed by atoms with Gasteiger partial charge in [-0.1, -0.05) is 18.2 Å². The fraction of sp³-hybridized carbons (Fsp3) is 0.560. The number of carbonyl (C=O) groups excluding carboxylic acids is 2. The molecule has 4 rings (SSSR count). The van der Waals surface area contributed by atoms with Crippen LogP contribution in [0.5, 0.6) is 0 Å². The maximum absolute atomic E-state index is 13.5. The van der Waals surface area contributed by atoms with Crippen LogP contribution in [0.4, 0.5) is 9.18 Å². The van der Waals surface area contributed by atoms with E-state index in [9.17, 15) is 14.0 Å². The van der Waals surface area contributed by atoms with Crippen LogP contribution < -0.4 is 10.6 Å². The zero-order valence-electron chi connectivity index (χ0n) is 20.3. The summed E-state index contributed by atoms with van der Waals surface area (Å²) in [5, 5.41) is 10.7. The molecule has 2 N–H and O–H groups in total. The van der Waals surface area contributed by atoms with E-state index in [2.05, 4.69) is 15.4 Å². The summed E-state index contributed by atoms with van der Waals surface area (Å²) < 4.78 is 25.4. The second-order valence-electron chi connectivity index (χ2n) is 9.04. The predicted octanol–water partition coefficient (Wildman–Crippen LogP) is 2.54. The molecule has 1 aromatic heterocycles. The number of morpholine rings is 1. The van der Waals surface area contributed by atoms with Crippen LogP contribution >= 0.6 is 0 Å². The first kappa shape index (κ1) is 25.1. The van der Waals surface area contributed by atoms with Crippen LogP contribution in [0, 0.1) is 0 Å². The van der Waals surface area contributed by atoms with Crippen molar-refractivity contribution < 1.29 is 23.5 Å². The molecule has 2 heterocycles. The average Bonchev–Trinajstić information content (AvgIpc) is 3.64. The zero-order valence-corrected chi connectivity index (χ0v) is 20.3. The lowest BCUT2D eigenvalue weighted by atomic mass is 10.1. The number of benzene rings is 1. The lowest BCUT2D eigenvalue weighted by Gasteiger charge is -2.35. The first-order valence-electron chi connectivity index (χ1n) is 12.2. The van der Waals surface area contributed by atoms with Crippen molar-refractivity contribution in [2.45, 2.75) is 56.9 Å². The highest BCUT2D eigenvalue weighted by Crippen LogP contribution is 2.35. The molecule has 2 aliphatic rings. The van der Waals surface area contributed by atoms with Gasteiger partial charge in [-0.2, -0.15) is 5.10 Å². The summed E-state index contributed by atoms with van der Waals surface area (Å²) in [4.78, 5) is 26.7. The number of ether oxygens (including phenoxy) is 2. The molecule has 9 nitrogen and oxygen atoms in total. The quantitative estimate of drug-likeness (QED) is 0.500. The maximum Gasteiger partial charge on any atom is 0.406 e. The van der Waals surface area contributed by atoms with Crippen LogP contribution in [0.25, 0.3) is 5.69 Å². The summed E-state index contributed by atoms with van der Waals surface area (Å²) >= 11 is 0. The van der Waals surface area contributed by atoms with Crippen LogP contribution in [0.15, 0.2) is 36.4 Å². The molecule has 10 heteroatoms. The molecule has 3 atom stereocenters. The van der Waals surface area contributed by atoms with Gasteiger partial charge >= 0.3 is 6.09 Å². The Balaban J connectivity index is 1.54. The Morgan fingerprint density at radius 3 is 2.77 bits per heavy atom. The second kappa shape index (κ2) is 11.6. The van der Waals surface area contributed by atoms with Crippen molar-refractivity contribution in [3.8, 4) is 5.69 Å². The molecule has 0 spiro atoms. The molecule has 1 aliphatic carbocycles. The number of rotatable bonds is 10. The average molecular weight is 488 g/mol. The van der Waals surface area contributed by atoms with Crippen LogP contribution in [0.2, 0.25) is 0 Å². The fourth-order valence-electron chi connectivity index (χ4n) is 4.44. The minimum atomic E-state index is -0.701. The van der Waals surface area contributed by atoms with Gasteiger partial charge in [0.15, 0.2) is 0 Å². The van der Waals surface area contributed by atoms with Crippen molar-refractivity contribution in [3.05, 3.63) is 47.8 Å². The number of nitrogens with zero attached hydrogens (tertiary/aromatic N) is 3. The largest absolute Gasteiger partial charge is 0.453 e. The lowest BCUT2D eigenvalue weighted by Crippen LogP contribution is -2.54. The van der Waals surface area contributed by atoms with E-state index in [-0.39, 0.29) is 18.0 Å². The summed E-state index contributed by atoms with van der Waals surface area (Å²) in [6.45, 7) is 2.63. The summed E-state index contributed by atoms with van der Waals surface area (Å²) in [6, 6.07) is 11.7. The Kier molecular flexibility index (Phi) is 8.35. The standard InChI is InChI=1S/C25H34FN5O4/c1-17(30(18-10-11-18)24(32)23-16-27-15-21(14-26)35-23)22-13-20(9-6-12-28-25(33)34-2)31(29-22)19-7-4-3-5-8-19/h3-5,7-8,13,17-18,21,23,27H,6,9-12,14-16H2,1-2H3,(H,28,33)/t17-,21-,23-/m1/s1. The summed E-state index contributed by atoms with van der Waals surface area (Å²) in [7, 11) is 1.34. The number of nitrogens with one attached hydrogen (secondary N) is 2. The SMILES string of the molecule is COC(=O)NCCCc1cc([C@@H](C)N(C(=O)[C@H]2CNC[C@@H](CF)O2)C2CC2)nn1-c1ccccc1. The Morgan fingerprint density at radius 1 is 1.31 bits per heavy atom. The van der Waals surface area contributed by atoms with Crippen molar-refractivity contribution in [1.82, 2.24) is 25.3 Å². The number of halogens is 1. The van der Waals surface area contributed by atoms with Gasteiger partial charge in [-0.3, -0.25) is 4.79 Å². The Hall–Kier alpha value is -2.98. The highest BCUT2D eigenvalue weighted by Gasteiger charge is 2.41. The predicted molar refractivity (Wildman–Crippen MR) is 128 cm³/mol. The van der Waals surface area contributed by atoms with Gasteiger partial charge in [-0.05, 0) is 50.8 Å². The number of carbonyl (C=O) groups is 2. The van der Waals surface area contributed by atoms with Crippen LogP contribution in [-0.2, 0) is 20.7 Å². The van der Waals surface area contributed by atoms with E-state index in [1.165, 1.54) is 7.11 Å². The molecule has 2 fully saturated rings. The molecule has 2 aromatic rings. The Labute approximate surface area is 204 Å². The van der Waals surface area contributed by atoms with Gasteiger partial charge in [0.05, 0.1) is 30.6 Å². The van der Waals surface area contributed by atoms with Crippen molar-refractivity contribution in [2.24, 2.45) is 0 Å². The topological polar surface area (TPSA) is 97.7 Å². The number of hydrogen-bond donors (Lipinski definition) is 2. The van der Waals surface area contributed by atoms with E-state index >= 15 is 0 Å². The smallest absolute Gasteiger partial charge is 0.406 e. The lowest BCUT2D eigenvalue weighted by molar-refractivity contribution is -0.154.